The van der Waals surface area contributed by atoms with Crippen LogP contribution in [0.5, 0.6) is 5.75 Å². The molecule has 0 aliphatic heterocycles. The number of rotatable bonds is 5. The van der Waals surface area contributed by atoms with Crippen molar-refractivity contribution in [1.82, 2.24) is 10.3 Å². The number of benzene rings is 3. The highest BCUT2D eigenvalue weighted by Gasteiger charge is 2.18. The summed E-state index contributed by atoms with van der Waals surface area (Å²) in [6.45, 7) is 3.60. The minimum Gasteiger partial charge on any atom is -0.479 e. The van der Waals surface area contributed by atoms with E-state index in [4.69, 9.17) is 44.6 Å². The molecule has 0 fully saturated rings. The van der Waals surface area contributed by atoms with Crippen LogP contribution in [0.1, 0.15) is 12.5 Å². The molecule has 4 rings (SSSR count). The molecule has 0 saturated heterocycles. The number of hydrogen-bond acceptors (Lipinski definition) is 5. The van der Waals surface area contributed by atoms with E-state index in [0.29, 0.717) is 38.5 Å². The number of fused-ring (bicyclic) bond motifs is 1. The van der Waals surface area contributed by atoms with Crippen LogP contribution < -0.4 is 15.4 Å². The number of nitrogens with one attached hydrogen (secondary N) is 2. The smallest absolute Gasteiger partial charge is 0.266 e. The summed E-state index contributed by atoms with van der Waals surface area (Å²) in [5.74, 6) is 0.467. The summed E-state index contributed by atoms with van der Waals surface area (Å²) in [5, 5.41) is 6.51. The Labute approximate surface area is 205 Å². The van der Waals surface area contributed by atoms with Gasteiger partial charge in [0.1, 0.15) is 11.3 Å². The first-order chi connectivity index (χ1) is 15.8. The third kappa shape index (κ3) is 5.45. The predicted molar refractivity (Wildman–Crippen MR) is 135 cm³/mol. The summed E-state index contributed by atoms with van der Waals surface area (Å²) in [5.41, 5.74) is 3.98. The van der Waals surface area contributed by atoms with Crippen molar-refractivity contribution in [3.05, 3.63) is 76.3 Å². The van der Waals surface area contributed by atoms with Crippen molar-refractivity contribution in [3.63, 3.8) is 0 Å². The molecular formula is C24H19Cl2N3O3S. The second-order valence-electron chi connectivity index (χ2n) is 7.29. The topological polar surface area (TPSA) is 76.4 Å². The molecule has 3 aromatic carbocycles. The van der Waals surface area contributed by atoms with Crippen LogP contribution >= 0.6 is 35.4 Å². The molecule has 1 unspecified atom stereocenters. The van der Waals surface area contributed by atoms with Crippen molar-refractivity contribution < 1.29 is 13.9 Å². The van der Waals surface area contributed by atoms with Gasteiger partial charge in [-0.15, -0.1) is 0 Å². The van der Waals surface area contributed by atoms with Crippen molar-refractivity contribution in [1.29, 1.82) is 0 Å². The van der Waals surface area contributed by atoms with Gasteiger partial charge in [0.05, 0.1) is 5.02 Å². The van der Waals surface area contributed by atoms with Crippen LogP contribution in [0.3, 0.4) is 0 Å². The highest BCUT2D eigenvalue weighted by Crippen LogP contribution is 2.29. The average Bonchev–Trinajstić information content (AvgIpc) is 3.19. The minimum absolute atomic E-state index is 0.125. The molecule has 1 amide bonds. The van der Waals surface area contributed by atoms with E-state index < -0.39 is 12.0 Å². The quantitative estimate of drug-likeness (QED) is 0.309. The number of ether oxygens (including phenoxy) is 1. The lowest BCUT2D eigenvalue weighted by molar-refractivity contribution is -0.125. The lowest BCUT2D eigenvalue weighted by Crippen LogP contribution is -2.42. The average molecular weight is 500 g/mol. The zero-order valence-corrected chi connectivity index (χ0v) is 20.0. The number of carbonyl (C=O) groups is 1. The molecule has 0 radical (unpaired) electrons. The Hall–Kier alpha value is -3.13. The highest BCUT2D eigenvalue weighted by atomic mass is 35.5. The van der Waals surface area contributed by atoms with Crippen LogP contribution in [0, 0.1) is 6.92 Å². The summed E-state index contributed by atoms with van der Waals surface area (Å²) in [6, 6.07) is 18.0. The van der Waals surface area contributed by atoms with Gasteiger partial charge in [-0.3, -0.25) is 10.1 Å². The molecule has 1 aromatic heterocycles. The lowest BCUT2D eigenvalue weighted by Gasteiger charge is -2.16. The summed E-state index contributed by atoms with van der Waals surface area (Å²) in [6.07, 6.45) is -0.835. The minimum atomic E-state index is -0.835. The second kappa shape index (κ2) is 9.79. The number of oxazole rings is 1. The number of amides is 1. The molecule has 2 N–H and O–H groups in total. The first-order valence-corrected chi connectivity index (χ1v) is 11.2. The Balaban J connectivity index is 1.41. The summed E-state index contributed by atoms with van der Waals surface area (Å²) < 4.78 is 11.5. The van der Waals surface area contributed by atoms with Gasteiger partial charge in [-0.2, -0.15) is 0 Å². The number of aromatic nitrogens is 1. The van der Waals surface area contributed by atoms with E-state index in [2.05, 4.69) is 15.6 Å². The van der Waals surface area contributed by atoms with Crippen LogP contribution in [0.25, 0.3) is 22.6 Å². The van der Waals surface area contributed by atoms with E-state index >= 15 is 0 Å². The predicted octanol–water partition coefficient (Wildman–Crippen LogP) is 6.39. The Kier molecular flexibility index (Phi) is 6.83. The van der Waals surface area contributed by atoms with Gasteiger partial charge in [0.15, 0.2) is 16.8 Å². The molecule has 168 valence electrons. The van der Waals surface area contributed by atoms with Crippen molar-refractivity contribution in [3.8, 4) is 17.2 Å². The maximum Gasteiger partial charge on any atom is 0.266 e. The van der Waals surface area contributed by atoms with E-state index in [1.165, 1.54) is 0 Å². The highest BCUT2D eigenvalue weighted by molar-refractivity contribution is 7.80. The molecule has 0 aliphatic carbocycles. The van der Waals surface area contributed by atoms with Crippen molar-refractivity contribution in [2.45, 2.75) is 20.0 Å². The van der Waals surface area contributed by atoms with Gasteiger partial charge >= 0.3 is 0 Å². The zero-order chi connectivity index (χ0) is 23.5. The third-order valence-electron chi connectivity index (χ3n) is 4.82. The number of thiocarbonyl (C=S) groups is 1. The molecule has 6 nitrogen and oxygen atoms in total. The maximum absolute atomic E-state index is 12.5. The largest absolute Gasteiger partial charge is 0.479 e. The van der Waals surface area contributed by atoms with Gasteiger partial charge in [0.25, 0.3) is 5.91 Å². The van der Waals surface area contributed by atoms with E-state index in [0.717, 1.165) is 11.1 Å². The third-order valence-corrected chi connectivity index (χ3v) is 5.56. The molecule has 0 bridgehead atoms. The summed E-state index contributed by atoms with van der Waals surface area (Å²) in [4.78, 5) is 17.1. The molecule has 4 aromatic rings. The molecule has 9 heteroatoms. The number of aryl methyl sites for hydroxylation is 1. The first-order valence-electron chi connectivity index (χ1n) is 10.0. The van der Waals surface area contributed by atoms with E-state index in [1.807, 2.05) is 31.2 Å². The molecular weight excluding hydrogens is 481 g/mol. The Morgan fingerprint density at radius 2 is 1.91 bits per heavy atom. The number of anilines is 1. The van der Waals surface area contributed by atoms with Crippen LogP contribution in [0.4, 0.5) is 5.69 Å². The molecule has 33 heavy (non-hydrogen) atoms. The van der Waals surface area contributed by atoms with E-state index in [-0.39, 0.29) is 5.11 Å². The molecule has 0 aliphatic rings. The Morgan fingerprint density at radius 3 is 2.67 bits per heavy atom. The molecule has 1 heterocycles. The van der Waals surface area contributed by atoms with Gasteiger partial charge < -0.3 is 14.5 Å². The van der Waals surface area contributed by atoms with Crippen LogP contribution in [-0.4, -0.2) is 22.1 Å². The molecule has 0 saturated carbocycles. The Morgan fingerprint density at radius 1 is 1.12 bits per heavy atom. The first kappa shape index (κ1) is 23.0. The van der Waals surface area contributed by atoms with Crippen molar-refractivity contribution >= 4 is 63.2 Å². The van der Waals surface area contributed by atoms with Crippen LogP contribution in [0.2, 0.25) is 10.0 Å². The SMILES string of the molecule is Cc1ccccc1-c1nc2cc(NC(=S)NC(=O)C(C)Oc3ccc(Cl)cc3Cl)ccc2o1. The molecule has 0 spiro atoms. The van der Waals surface area contributed by atoms with Gasteiger partial charge in [-0.05, 0) is 74.1 Å². The van der Waals surface area contributed by atoms with Crippen LogP contribution in [-0.2, 0) is 4.79 Å². The normalized spacial score (nSPS) is 11.8. The van der Waals surface area contributed by atoms with Gasteiger partial charge in [-0.1, -0.05) is 41.4 Å². The Bertz CT molecular complexity index is 1360. The monoisotopic (exact) mass is 499 g/mol. The van der Waals surface area contributed by atoms with Crippen molar-refractivity contribution in [2.24, 2.45) is 0 Å². The van der Waals surface area contributed by atoms with Gasteiger partial charge in [-0.25, -0.2) is 4.98 Å². The van der Waals surface area contributed by atoms with E-state index in [1.54, 1.807) is 43.3 Å². The fourth-order valence-electron chi connectivity index (χ4n) is 3.12. The molecule has 1 atom stereocenters. The number of hydrogen-bond donors (Lipinski definition) is 2. The fourth-order valence-corrected chi connectivity index (χ4v) is 3.80. The van der Waals surface area contributed by atoms with Gasteiger partial charge in [0.2, 0.25) is 5.89 Å². The second-order valence-corrected chi connectivity index (χ2v) is 8.55. The van der Waals surface area contributed by atoms with Gasteiger partial charge in [0, 0.05) is 16.3 Å². The fraction of sp³-hybridized carbons (Fsp3) is 0.125. The summed E-state index contributed by atoms with van der Waals surface area (Å²) >= 11 is 17.3. The van der Waals surface area contributed by atoms with Crippen LogP contribution in [0.15, 0.2) is 65.1 Å². The maximum atomic E-state index is 12.5. The lowest BCUT2D eigenvalue weighted by atomic mass is 10.1. The summed E-state index contributed by atoms with van der Waals surface area (Å²) in [7, 11) is 0. The zero-order valence-electron chi connectivity index (χ0n) is 17.7. The standard InChI is InChI=1S/C24H19Cl2N3O3S/c1-13-5-3-4-6-17(13)23-28-19-12-16(8-10-21(19)32-23)27-24(33)29-22(30)14(2)31-20-9-7-15(25)11-18(20)26/h3-12,14H,1-2H3,(H2,27,29,30,33). The number of halogens is 2. The number of carbonyl (C=O) groups excluding carboxylic acids is 1. The van der Waals surface area contributed by atoms with Crippen molar-refractivity contribution in [2.75, 3.05) is 5.32 Å². The van der Waals surface area contributed by atoms with E-state index in [9.17, 15) is 4.79 Å². The number of nitrogens with zero attached hydrogens (tertiary/aromatic N) is 1.